The van der Waals surface area contributed by atoms with E-state index in [1.54, 1.807) is 0 Å². The third kappa shape index (κ3) is 3.80. The Hall–Kier alpha value is -2.84. The van der Waals surface area contributed by atoms with E-state index in [-0.39, 0.29) is 24.8 Å². The summed E-state index contributed by atoms with van der Waals surface area (Å²) in [6.45, 7) is 4.17. The van der Waals surface area contributed by atoms with Gasteiger partial charge in [-0.05, 0) is 67.5 Å². The summed E-state index contributed by atoms with van der Waals surface area (Å²) in [5, 5.41) is 21.0. The Morgan fingerprint density at radius 1 is 1.17 bits per heavy atom. The van der Waals surface area contributed by atoms with Crippen molar-refractivity contribution in [1.29, 1.82) is 5.26 Å². The van der Waals surface area contributed by atoms with Gasteiger partial charge in [0, 0.05) is 24.9 Å². The Kier molecular flexibility index (Phi) is 5.53. The Bertz CT molecular complexity index is 943. The number of aliphatic hydroxyl groups is 1. The van der Waals surface area contributed by atoms with Crippen LogP contribution < -0.4 is 0 Å². The van der Waals surface area contributed by atoms with Gasteiger partial charge in [-0.15, -0.1) is 0 Å². The number of nitrogens with zero attached hydrogens (tertiary/aromatic N) is 2. The highest BCUT2D eigenvalue weighted by atomic mass is 16.6. The number of benzene rings is 2. The highest BCUT2D eigenvalue weighted by Crippen LogP contribution is 2.46. The van der Waals surface area contributed by atoms with Crippen molar-refractivity contribution in [3.8, 4) is 6.07 Å². The van der Waals surface area contributed by atoms with E-state index < -0.39 is 5.60 Å². The molecule has 2 aliphatic heterocycles. The summed E-state index contributed by atoms with van der Waals surface area (Å²) < 4.78 is 5.62. The average molecular weight is 405 g/mol. The average Bonchev–Trinajstić information content (AvgIpc) is 2.71. The third-order valence-electron chi connectivity index (χ3n) is 6.55. The molecule has 2 unspecified atom stereocenters. The molecule has 156 valence electrons. The minimum atomic E-state index is -0.992. The van der Waals surface area contributed by atoms with Crippen molar-refractivity contribution < 1.29 is 14.6 Å². The Labute approximate surface area is 177 Å². The van der Waals surface area contributed by atoms with Gasteiger partial charge in [-0.2, -0.15) is 5.26 Å². The summed E-state index contributed by atoms with van der Waals surface area (Å²) in [6.07, 6.45) is 3.50. The number of hydrogen-bond acceptors (Lipinski definition) is 4. The van der Waals surface area contributed by atoms with Crippen LogP contribution in [0.3, 0.4) is 0 Å². The standard InChI is InChI=1S/C25H28N2O3/c1-17-11-20(15-26)12-18(2)23(17)25(29)13-21-9-6-10-22(14-25)27(21)24(28)30-16-19-7-4-3-5-8-19/h3-5,7-8,11-12,21-22,29H,6,9-10,13-14,16H2,1-2H3. The fourth-order valence-corrected chi connectivity index (χ4v) is 5.49. The van der Waals surface area contributed by atoms with E-state index in [0.29, 0.717) is 18.4 Å². The number of carbonyl (C=O) groups is 1. The van der Waals surface area contributed by atoms with Crippen LogP contribution in [0.1, 0.15) is 59.9 Å². The van der Waals surface area contributed by atoms with Crippen LogP contribution >= 0.6 is 0 Å². The molecular formula is C25H28N2O3. The van der Waals surface area contributed by atoms with Crippen molar-refractivity contribution in [2.75, 3.05) is 0 Å². The highest BCUT2D eigenvalue weighted by molar-refractivity contribution is 5.69. The molecule has 0 aliphatic carbocycles. The number of aryl methyl sites for hydroxylation is 2. The van der Waals surface area contributed by atoms with Crippen LogP contribution in [0.5, 0.6) is 0 Å². The van der Waals surface area contributed by atoms with Crippen molar-refractivity contribution in [3.05, 3.63) is 70.3 Å². The molecular weight excluding hydrogens is 376 g/mol. The van der Waals surface area contributed by atoms with Gasteiger partial charge < -0.3 is 14.7 Å². The van der Waals surface area contributed by atoms with Crippen LogP contribution in [0, 0.1) is 25.2 Å². The molecule has 2 aromatic carbocycles. The van der Waals surface area contributed by atoms with E-state index in [4.69, 9.17) is 4.74 Å². The number of fused-ring (bicyclic) bond motifs is 2. The van der Waals surface area contributed by atoms with Crippen molar-refractivity contribution in [1.82, 2.24) is 4.90 Å². The van der Waals surface area contributed by atoms with Crippen molar-refractivity contribution in [2.24, 2.45) is 0 Å². The first kappa shape index (κ1) is 20.4. The van der Waals surface area contributed by atoms with Crippen molar-refractivity contribution >= 4 is 6.09 Å². The molecule has 30 heavy (non-hydrogen) atoms. The molecule has 2 saturated heterocycles. The number of nitriles is 1. The summed E-state index contributed by atoms with van der Waals surface area (Å²) in [7, 11) is 0. The lowest BCUT2D eigenvalue weighted by molar-refractivity contribution is -0.0901. The molecule has 0 saturated carbocycles. The van der Waals surface area contributed by atoms with E-state index in [1.807, 2.05) is 61.2 Å². The molecule has 1 N–H and O–H groups in total. The maximum atomic E-state index is 12.9. The van der Waals surface area contributed by atoms with E-state index in [1.165, 1.54) is 0 Å². The highest BCUT2D eigenvalue weighted by Gasteiger charge is 2.49. The van der Waals surface area contributed by atoms with Crippen LogP contribution in [0.15, 0.2) is 42.5 Å². The molecule has 2 atom stereocenters. The van der Waals surface area contributed by atoms with E-state index in [2.05, 4.69) is 6.07 Å². The van der Waals surface area contributed by atoms with Gasteiger partial charge in [0.05, 0.1) is 17.2 Å². The summed E-state index contributed by atoms with van der Waals surface area (Å²) in [5.74, 6) is 0. The maximum Gasteiger partial charge on any atom is 0.410 e. The maximum absolute atomic E-state index is 12.9. The second-order valence-corrected chi connectivity index (χ2v) is 8.72. The van der Waals surface area contributed by atoms with Gasteiger partial charge in [0.1, 0.15) is 6.61 Å². The first-order valence-electron chi connectivity index (χ1n) is 10.6. The summed E-state index contributed by atoms with van der Waals surface area (Å²) >= 11 is 0. The topological polar surface area (TPSA) is 73.6 Å². The van der Waals surface area contributed by atoms with E-state index in [9.17, 15) is 15.2 Å². The fraction of sp³-hybridized carbons (Fsp3) is 0.440. The number of piperidine rings is 2. The molecule has 5 heteroatoms. The van der Waals surface area contributed by atoms with Crippen molar-refractivity contribution in [3.63, 3.8) is 0 Å². The number of ether oxygens (including phenoxy) is 1. The zero-order chi connectivity index (χ0) is 21.3. The number of amides is 1. The number of carbonyl (C=O) groups excluding carboxylic acids is 1. The third-order valence-corrected chi connectivity index (χ3v) is 6.55. The lowest BCUT2D eigenvalue weighted by atomic mass is 9.70. The van der Waals surface area contributed by atoms with Gasteiger partial charge in [-0.3, -0.25) is 0 Å². The second-order valence-electron chi connectivity index (χ2n) is 8.72. The van der Waals surface area contributed by atoms with Gasteiger partial charge in [0.25, 0.3) is 0 Å². The van der Waals surface area contributed by atoms with Gasteiger partial charge in [0.15, 0.2) is 0 Å². The van der Waals surface area contributed by atoms with Gasteiger partial charge in [-0.25, -0.2) is 4.79 Å². The molecule has 2 bridgehead atoms. The van der Waals surface area contributed by atoms with Crippen LogP contribution in [0.4, 0.5) is 4.79 Å². The Morgan fingerprint density at radius 2 is 1.77 bits per heavy atom. The van der Waals surface area contributed by atoms with E-state index >= 15 is 0 Å². The molecule has 4 rings (SSSR count). The van der Waals surface area contributed by atoms with Crippen molar-refractivity contribution in [2.45, 2.75) is 70.2 Å². The van der Waals surface area contributed by atoms with Gasteiger partial charge >= 0.3 is 6.09 Å². The number of rotatable bonds is 3. The lowest BCUT2D eigenvalue weighted by Gasteiger charge is -2.52. The first-order chi connectivity index (χ1) is 14.4. The zero-order valence-corrected chi connectivity index (χ0v) is 17.6. The minimum absolute atomic E-state index is 0.0415. The predicted octanol–water partition coefficient (Wildman–Crippen LogP) is 4.72. The Morgan fingerprint density at radius 3 is 2.33 bits per heavy atom. The van der Waals surface area contributed by atoms with Crippen LogP contribution in [0.2, 0.25) is 0 Å². The van der Waals surface area contributed by atoms with Gasteiger partial charge in [0.2, 0.25) is 0 Å². The quantitative estimate of drug-likeness (QED) is 0.804. The normalized spacial score (nSPS) is 25.5. The Balaban J connectivity index is 1.55. The van der Waals surface area contributed by atoms with Crippen LogP contribution in [-0.4, -0.2) is 28.2 Å². The zero-order valence-electron chi connectivity index (χ0n) is 17.6. The molecule has 1 amide bonds. The summed E-state index contributed by atoms with van der Waals surface area (Å²) in [6, 6.07) is 15.5. The monoisotopic (exact) mass is 404 g/mol. The van der Waals surface area contributed by atoms with Gasteiger partial charge in [-0.1, -0.05) is 30.3 Å². The fourth-order valence-electron chi connectivity index (χ4n) is 5.49. The van der Waals surface area contributed by atoms with Crippen LogP contribution in [-0.2, 0) is 16.9 Å². The second kappa shape index (κ2) is 8.12. The number of hydrogen-bond donors (Lipinski definition) is 1. The first-order valence-corrected chi connectivity index (χ1v) is 10.6. The smallest absolute Gasteiger partial charge is 0.410 e. The van der Waals surface area contributed by atoms with E-state index in [0.717, 1.165) is 41.5 Å². The SMILES string of the molecule is Cc1cc(C#N)cc(C)c1C1(O)CC2CCCC(C1)N2C(=O)OCc1ccccc1. The largest absolute Gasteiger partial charge is 0.445 e. The van der Waals surface area contributed by atoms with Crippen LogP contribution in [0.25, 0.3) is 0 Å². The molecule has 2 heterocycles. The molecule has 0 aromatic heterocycles. The molecule has 2 aliphatic rings. The summed E-state index contributed by atoms with van der Waals surface area (Å²) in [4.78, 5) is 14.8. The molecule has 0 spiro atoms. The lowest BCUT2D eigenvalue weighted by Crippen LogP contribution is -2.59. The molecule has 5 nitrogen and oxygen atoms in total. The molecule has 2 fully saturated rings. The molecule has 2 aromatic rings. The molecule has 0 radical (unpaired) electrons. The summed E-state index contributed by atoms with van der Waals surface area (Å²) in [5.41, 5.74) is 3.37. The predicted molar refractivity (Wildman–Crippen MR) is 114 cm³/mol. The minimum Gasteiger partial charge on any atom is -0.445 e.